The fourth-order valence-electron chi connectivity index (χ4n) is 3.19. The zero-order valence-electron chi connectivity index (χ0n) is 12.9. The number of hydrogen-bond donors (Lipinski definition) is 0. The van der Waals surface area contributed by atoms with Gasteiger partial charge in [0.25, 0.3) is 10.2 Å². The minimum atomic E-state index is -3.40. The Balaban J connectivity index is 1.71. The minimum absolute atomic E-state index is 0.0616. The second kappa shape index (κ2) is 6.26. The molecule has 1 aliphatic carbocycles. The summed E-state index contributed by atoms with van der Waals surface area (Å²) in [7, 11) is -1.73. The zero-order chi connectivity index (χ0) is 15.7. The summed E-state index contributed by atoms with van der Waals surface area (Å²) in [5, 5.41) is 0. The van der Waals surface area contributed by atoms with Gasteiger partial charge in [-0.25, -0.2) is 4.39 Å². The van der Waals surface area contributed by atoms with Crippen LogP contribution in [0.4, 0.5) is 4.39 Å². The summed E-state index contributed by atoms with van der Waals surface area (Å²) < 4.78 is 41.9. The van der Waals surface area contributed by atoms with Crippen LogP contribution in [0, 0.1) is 11.7 Å². The lowest BCUT2D eigenvalue weighted by Crippen LogP contribution is -2.45. The molecule has 2 aliphatic rings. The monoisotopic (exact) mass is 326 g/mol. The molecule has 1 saturated heterocycles. The maximum Gasteiger partial charge on any atom is 0.281 e. The molecule has 6 heteroatoms. The Morgan fingerprint density at radius 3 is 2.77 bits per heavy atom. The Morgan fingerprint density at radius 2 is 2.09 bits per heavy atom. The van der Waals surface area contributed by atoms with E-state index in [4.69, 9.17) is 0 Å². The highest BCUT2D eigenvalue weighted by Crippen LogP contribution is 2.32. The minimum Gasteiger partial charge on any atom is -0.207 e. The summed E-state index contributed by atoms with van der Waals surface area (Å²) in [6, 6.07) is 6.39. The van der Waals surface area contributed by atoms with E-state index < -0.39 is 10.2 Å². The van der Waals surface area contributed by atoms with Gasteiger partial charge in [0.1, 0.15) is 5.82 Å². The van der Waals surface area contributed by atoms with Crippen molar-refractivity contribution in [1.82, 2.24) is 8.61 Å². The second-order valence-electron chi connectivity index (χ2n) is 6.47. The predicted molar refractivity (Wildman–Crippen MR) is 84.1 cm³/mol. The lowest BCUT2D eigenvalue weighted by atomic mass is 10.0. The molecule has 0 radical (unpaired) electrons. The lowest BCUT2D eigenvalue weighted by Gasteiger charge is -2.29. The molecule has 1 aliphatic heterocycles. The van der Waals surface area contributed by atoms with E-state index in [0.717, 1.165) is 31.2 Å². The average molecular weight is 326 g/mol. The first-order valence-corrected chi connectivity index (χ1v) is 9.34. The lowest BCUT2D eigenvalue weighted by molar-refractivity contribution is 0.337. The molecular weight excluding hydrogens is 303 g/mol. The third kappa shape index (κ3) is 3.50. The van der Waals surface area contributed by atoms with Crippen LogP contribution in [0.2, 0.25) is 0 Å². The number of rotatable bonds is 6. The molecule has 0 unspecified atom stereocenters. The summed E-state index contributed by atoms with van der Waals surface area (Å²) in [4.78, 5) is 0. The summed E-state index contributed by atoms with van der Waals surface area (Å²) in [5.41, 5.74) is 0.858. The standard InChI is InChI=1S/C16H23FN2O2S/c1-18(12-13-7-8-13)22(20,21)19-9-3-6-16(19)11-14-4-2-5-15(17)10-14/h2,4-5,10,13,16H,3,6-9,11-12H2,1H3/t16-/m1/s1. The van der Waals surface area contributed by atoms with Crippen molar-refractivity contribution < 1.29 is 12.8 Å². The molecule has 0 N–H and O–H groups in total. The van der Waals surface area contributed by atoms with E-state index in [2.05, 4.69) is 0 Å². The van der Waals surface area contributed by atoms with Crippen LogP contribution in [0.1, 0.15) is 31.2 Å². The molecular formula is C16H23FN2O2S. The Morgan fingerprint density at radius 1 is 1.32 bits per heavy atom. The number of hydrogen-bond acceptors (Lipinski definition) is 2. The van der Waals surface area contributed by atoms with E-state index >= 15 is 0 Å². The van der Waals surface area contributed by atoms with E-state index in [0.29, 0.717) is 25.4 Å². The van der Waals surface area contributed by atoms with Crippen LogP contribution in [0.25, 0.3) is 0 Å². The Hall–Kier alpha value is -0.980. The first kappa shape index (κ1) is 15.9. The van der Waals surface area contributed by atoms with Crippen LogP contribution in [0.5, 0.6) is 0 Å². The van der Waals surface area contributed by atoms with Gasteiger partial charge >= 0.3 is 0 Å². The molecule has 22 heavy (non-hydrogen) atoms. The van der Waals surface area contributed by atoms with Crippen LogP contribution < -0.4 is 0 Å². The van der Waals surface area contributed by atoms with Gasteiger partial charge in [-0.2, -0.15) is 17.0 Å². The molecule has 1 aromatic rings. The van der Waals surface area contributed by atoms with Crippen molar-refractivity contribution in [3.05, 3.63) is 35.6 Å². The molecule has 2 fully saturated rings. The van der Waals surface area contributed by atoms with Crippen LogP contribution in [0.3, 0.4) is 0 Å². The van der Waals surface area contributed by atoms with Crippen LogP contribution in [0.15, 0.2) is 24.3 Å². The molecule has 0 spiro atoms. The maximum atomic E-state index is 13.3. The maximum absolute atomic E-state index is 13.3. The summed E-state index contributed by atoms with van der Waals surface area (Å²) in [5.74, 6) is 0.264. The van der Waals surface area contributed by atoms with Crippen molar-refractivity contribution in [3.8, 4) is 0 Å². The van der Waals surface area contributed by atoms with Crippen molar-refractivity contribution in [3.63, 3.8) is 0 Å². The van der Waals surface area contributed by atoms with Gasteiger partial charge in [0.15, 0.2) is 0 Å². The van der Waals surface area contributed by atoms with Crippen LogP contribution in [-0.2, 0) is 16.6 Å². The zero-order valence-corrected chi connectivity index (χ0v) is 13.7. The number of halogens is 1. The molecule has 0 aromatic heterocycles. The first-order chi connectivity index (χ1) is 10.5. The van der Waals surface area contributed by atoms with Crippen molar-refractivity contribution in [2.45, 2.75) is 38.1 Å². The molecule has 0 amide bonds. The Kier molecular flexibility index (Phi) is 4.52. The summed E-state index contributed by atoms with van der Waals surface area (Å²) >= 11 is 0. The van der Waals surface area contributed by atoms with Gasteiger partial charge in [0.2, 0.25) is 0 Å². The largest absolute Gasteiger partial charge is 0.281 e. The quantitative estimate of drug-likeness (QED) is 0.805. The van der Waals surface area contributed by atoms with Gasteiger partial charge in [-0.3, -0.25) is 0 Å². The SMILES string of the molecule is CN(CC1CC1)S(=O)(=O)N1CCC[C@@H]1Cc1cccc(F)c1. The van der Waals surface area contributed by atoms with Crippen molar-refractivity contribution in [2.24, 2.45) is 5.92 Å². The van der Waals surface area contributed by atoms with Crippen molar-refractivity contribution in [2.75, 3.05) is 20.1 Å². The van der Waals surface area contributed by atoms with Crippen LogP contribution >= 0.6 is 0 Å². The second-order valence-corrected chi connectivity index (χ2v) is 8.46. The van der Waals surface area contributed by atoms with Gasteiger partial charge < -0.3 is 0 Å². The highest BCUT2D eigenvalue weighted by Gasteiger charge is 2.38. The topological polar surface area (TPSA) is 40.6 Å². The van der Waals surface area contributed by atoms with Crippen molar-refractivity contribution in [1.29, 1.82) is 0 Å². The molecule has 1 heterocycles. The average Bonchev–Trinajstić information content (AvgIpc) is 3.14. The van der Waals surface area contributed by atoms with Gasteiger partial charge in [0.05, 0.1) is 0 Å². The highest BCUT2D eigenvalue weighted by molar-refractivity contribution is 7.86. The molecule has 1 aromatic carbocycles. The van der Waals surface area contributed by atoms with Gasteiger partial charge in [-0.05, 0) is 55.7 Å². The Labute approximate surface area is 132 Å². The molecule has 122 valence electrons. The van der Waals surface area contributed by atoms with Gasteiger partial charge in [-0.15, -0.1) is 0 Å². The fraction of sp³-hybridized carbons (Fsp3) is 0.625. The van der Waals surface area contributed by atoms with E-state index in [9.17, 15) is 12.8 Å². The third-order valence-corrected chi connectivity index (χ3v) is 6.60. The highest BCUT2D eigenvalue weighted by atomic mass is 32.2. The van der Waals surface area contributed by atoms with E-state index in [1.54, 1.807) is 17.4 Å². The summed E-state index contributed by atoms with van der Waals surface area (Å²) in [6.07, 6.45) is 4.55. The molecule has 4 nitrogen and oxygen atoms in total. The van der Waals surface area contributed by atoms with Gasteiger partial charge in [0, 0.05) is 26.2 Å². The van der Waals surface area contributed by atoms with Crippen molar-refractivity contribution >= 4 is 10.2 Å². The molecule has 0 bridgehead atoms. The smallest absolute Gasteiger partial charge is 0.207 e. The third-order valence-electron chi connectivity index (χ3n) is 4.59. The predicted octanol–water partition coefficient (Wildman–Crippen LogP) is 2.42. The number of nitrogens with zero attached hydrogens (tertiary/aromatic N) is 2. The van der Waals surface area contributed by atoms with Crippen LogP contribution in [-0.4, -0.2) is 43.2 Å². The first-order valence-electron chi connectivity index (χ1n) is 7.94. The van der Waals surface area contributed by atoms with E-state index in [1.165, 1.54) is 16.4 Å². The summed E-state index contributed by atoms with van der Waals surface area (Å²) in [6.45, 7) is 1.18. The van der Waals surface area contributed by atoms with E-state index in [-0.39, 0.29) is 11.9 Å². The molecule has 3 rings (SSSR count). The molecule has 1 saturated carbocycles. The van der Waals surface area contributed by atoms with E-state index in [1.807, 2.05) is 6.07 Å². The fourth-order valence-corrected chi connectivity index (χ4v) is 4.86. The normalized spacial score (nSPS) is 23.3. The molecule has 1 atom stereocenters. The Bertz CT molecular complexity index is 631. The van der Waals surface area contributed by atoms with Gasteiger partial charge in [-0.1, -0.05) is 12.1 Å². The number of benzene rings is 1.